The van der Waals surface area contributed by atoms with E-state index in [9.17, 15) is 4.79 Å². The highest BCUT2D eigenvalue weighted by Crippen LogP contribution is 2.10. The van der Waals surface area contributed by atoms with Gasteiger partial charge in [-0.3, -0.25) is 4.79 Å². The van der Waals surface area contributed by atoms with Crippen molar-refractivity contribution < 1.29 is 9.90 Å². The summed E-state index contributed by atoms with van der Waals surface area (Å²) < 4.78 is 0. The number of benzene rings is 1. The van der Waals surface area contributed by atoms with Crippen LogP contribution in [0, 0.1) is 0 Å². The molecule has 0 heterocycles. The maximum atomic E-state index is 10.4. The molecule has 0 aliphatic heterocycles. The number of carbonyl (C=O) groups is 1. The molecule has 0 fully saturated rings. The Bertz CT molecular complexity index is 339. The largest absolute Gasteiger partial charge is 0.481 e. The van der Waals surface area contributed by atoms with Gasteiger partial charge in [-0.05, 0) is 17.5 Å². The summed E-state index contributed by atoms with van der Waals surface area (Å²) in [5, 5.41) is 8.58. The lowest BCUT2D eigenvalue weighted by atomic mass is 9.99. The van der Waals surface area contributed by atoms with Crippen LogP contribution in [0.5, 0.6) is 0 Å². The van der Waals surface area contributed by atoms with Crippen LogP contribution in [0.25, 0.3) is 0 Å². The molecule has 0 bridgehead atoms. The Morgan fingerprint density at radius 2 is 1.93 bits per heavy atom. The molecule has 1 aromatic rings. The van der Waals surface area contributed by atoms with Gasteiger partial charge >= 0.3 is 5.97 Å². The van der Waals surface area contributed by atoms with E-state index in [1.165, 1.54) is 0 Å². The Kier molecular flexibility index (Phi) is 4.27. The second-order valence-corrected chi connectivity index (χ2v) is 3.53. The van der Waals surface area contributed by atoms with Crippen LogP contribution in [0.1, 0.15) is 17.5 Å². The van der Waals surface area contributed by atoms with Crippen molar-refractivity contribution in [1.82, 2.24) is 0 Å². The van der Waals surface area contributed by atoms with Gasteiger partial charge in [0.15, 0.2) is 0 Å². The Labute approximate surface area is 88.9 Å². The van der Waals surface area contributed by atoms with Crippen molar-refractivity contribution in [2.24, 2.45) is 11.5 Å². The highest BCUT2D eigenvalue weighted by atomic mass is 16.4. The molecule has 82 valence electrons. The van der Waals surface area contributed by atoms with Gasteiger partial charge in [-0.15, -0.1) is 0 Å². The van der Waals surface area contributed by atoms with Gasteiger partial charge in [-0.1, -0.05) is 24.3 Å². The molecule has 0 saturated heterocycles. The number of hydrogen-bond acceptors (Lipinski definition) is 3. The standard InChI is InChI=1S/C11H16N2O2/c12-7-9-4-2-1-3-8(9)5-10(13)6-11(14)15/h1-4,10H,5-7,12-13H2,(H,14,15)/t10-/m0/s1. The van der Waals surface area contributed by atoms with Crippen molar-refractivity contribution in [1.29, 1.82) is 0 Å². The minimum atomic E-state index is -0.868. The molecule has 0 radical (unpaired) electrons. The van der Waals surface area contributed by atoms with E-state index in [1.54, 1.807) is 0 Å². The quantitative estimate of drug-likeness (QED) is 0.657. The van der Waals surface area contributed by atoms with E-state index < -0.39 is 5.97 Å². The fraction of sp³-hybridized carbons (Fsp3) is 0.364. The Morgan fingerprint density at radius 3 is 2.47 bits per heavy atom. The third kappa shape index (κ3) is 3.69. The van der Waals surface area contributed by atoms with Crippen molar-refractivity contribution in [2.45, 2.75) is 25.4 Å². The zero-order valence-corrected chi connectivity index (χ0v) is 8.52. The topological polar surface area (TPSA) is 89.3 Å². The summed E-state index contributed by atoms with van der Waals surface area (Å²) in [6.07, 6.45) is 0.540. The second kappa shape index (κ2) is 5.48. The second-order valence-electron chi connectivity index (χ2n) is 3.53. The van der Waals surface area contributed by atoms with Crippen LogP contribution in [0.4, 0.5) is 0 Å². The van der Waals surface area contributed by atoms with Crippen LogP contribution in [0.15, 0.2) is 24.3 Å². The molecule has 1 rings (SSSR count). The smallest absolute Gasteiger partial charge is 0.304 e. The molecular weight excluding hydrogens is 192 g/mol. The highest BCUT2D eigenvalue weighted by Gasteiger charge is 2.10. The normalized spacial score (nSPS) is 12.4. The lowest BCUT2D eigenvalue weighted by Crippen LogP contribution is -2.26. The molecule has 0 spiro atoms. The Hall–Kier alpha value is -1.39. The van der Waals surface area contributed by atoms with Gasteiger partial charge < -0.3 is 16.6 Å². The number of rotatable bonds is 5. The van der Waals surface area contributed by atoms with E-state index in [1.807, 2.05) is 24.3 Å². The Morgan fingerprint density at radius 1 is 1.33 bits per heavy atom. The van der Waals surface area contributed by atoms with Crippen molar-refractivity contribution in [3.05, 3.63) is 35.4 Å². The SMILES string of the molecule is NCc1ccccc1C[C@H](N)CC(=O)O. The van der Waals surface area contributed by atoms with Crippen LogP contribution in [-0.2, 0) is 17.8 Å². The summed E-state index contributed by atoms with van der Waals surface area (Å²) in [6.45, 7) is 0.454. The summed E-state index contributed by atoms with van der Waals surface area (Å²) in [5.41, 5.74) is 13.3. The summed E-state index contributed by atoms with van der Waals surface area (Å²) in [5.74, 6) is -0.868. The van der Waals surface area contributed by atoms with E-state index in [0.29, 0.717) is 13.0 Å². The molecule has 0 aliphatic carbocycles. The maximum Gasteiger partial charge on any atom is 0.304 e. The lowest BCUT2D eigenvalue weighted by Gasteiger charge is -2.12. The number of nitrogens with two attached hydrogens (primary N) is 2. The number of hydrogen-bond donors (Lipinski definition) is 3. The first-order valence-electron chi connectivity index (χ1n) is 4.87. The van der Waals surface area contributed by atoms with Crippen LogP contribution in [-0.4, -0.2) is 17.1 Å². The van der Waals surface area contributed by atoms with Crippen molar-refractivity contribution >= 4 is 5.97 Å². The minimum Gasteiger partial charge on any atom is -0.481 e. The predicted molar refractivity (Wildman–Crippen MR) is 58.3 cm³/mol. The summed E-state index contributed by atoms with van der Waals surface area (Å²) in [6, 6.07) is 7.33. The fourth-order valence-corrected chi connectivity index (χ4v) is 1.53. The molecule has 4 heteroatoms. The number of carboxylic acid groups (broad SMARTS) is 1. The Balaban J connectivity index is 2.67. The summed E-state index contributed by atoms with van der Waals surface area (Å²) in [7, 11) is 0. The molecule has 4 nitrogen and oxygen atoms in total. The molecule has 1 atom stereocenters. The predicted octanol–water partition coefficient (Wildman–Crippen LogP) is 0.490. The zero-order chi connectivity index (χ0) is 11.3. The molecule has 5 N–H and O–H groups in total. The molecule has 15 heavy (non-hydrogen) atoms. The van der Waals surface area contributed by atoms with Crippen LogP contribution in [0.3, 0.4) is 0 Å². The first-order chi connectivity index (χ1) is 7.13. The minimum absolute atomic E-state index is 0.0150. The van der Waals surface area contributed by atoms with Gasteiger partial charge in [0.05, 0.1) is 6.42 Å². The van der Waals surface area contributed by atoms with Crippen LogP contribution in [0.2, 0.25) is 0 Å². The molecular formula is C11H16N2O2. The molecule has 0 aromatic heterocycles. The van der Waals surface area contributed by atoms with E-state index in [-0.39, 0.29) is 12.5 Å². The van der Waals surface area contributed by atoms with E-state index >= 15 is 0 Å². The lowest BCUT2D eigenvalue weighted by molar-refractivity contribution is -0.137. The first kappa shape index (κ1) is 11.7. The summed E-state index contributed by atoms with van der Waals surface area (Å²) >= 11 is 0. The van der Waals surface area contributed by atoms with E-state index in [2.05, 4.69) is 0 Å². The average molecular weight is 208 g/mol. The maximum absolute atomic E-state index is 10.4. The average Bonchev–Trinajstić information content (AvgIpc) is 2.17. The van der Waals surface area contributed by atoms with Gasteiger partial charge in [0.2, 0.25) is 0 Å². The zero-order valence-electron chi connectivity index (χ0n) is 8.52. The number of carboxylic acids is 1. The monoisotopic (exact) mass is 208 g/mol. The highest BCUT2D eigenvalue weighted by molar-refractivity contribution is 5.67. The molecule has 0 amide bonds. The molecule has 0 saturated carbocycles. The molecule has 0 unspecified atom stereocenters. The number of aliphatic carboxylic acids is 1. The van der Waals surface area contributed by atoms with Crippen molar-refractivity contribution in [2.75, 3.05) is 0 Å². The van der Waals surface area contributed by atoms with Crippen molar-refractivity contribution in [3.8, 4) is 0 Å². The molecule has 1 aromatic carbocycles. The molecule has 0 aliphatic rings. The third-order valence-corrected chi connectivity index (χ3v) is 2.26. The van der Waals surface area contributed by atoms with E-state index in [4.69, 9.17) is 16.6 Å². The van der Waals surface area contributed by atoms with Gasteiger partial charge in [0, 0.05) is 12.6 Å². The van der Waals surface area contributed by atoms with Gasteiger partial charge in [-0.25, -0.2) is 0 Å². The van der Waals surface area contributed by atoms with Crippen LogP contribution < -0.4 is 11.5 Å². The van der Waals surface area contributed by atoms with Gasteiger partial charge in [-0.2, -0.15) is 0 Å². The van der Waals surface area contributed by atoms with Crippen molar-refractivity contribution in [3.63, 3.8) is 0 Å². The van der Waals surface area contributed by atoms with Gasteiger partial charge in [0.1, 0.15) is 0 Å². The van der Waals surface area contributed by atoms with E-state index in [0.717, 1.165) is 11.1 Å². The first-order valence-corrected chi connectivity index (χ1v) is 4.87. The van der Waals surface area contributed by atoms with Crippen LogP contribution >= 0.6 is 0 Å². The third-order valence-electron chi connectivity index (χ3n) is 2.26. The van der Waals surface area contributed by atoms with Gasteiger partial charge in [0.25, 0.3) is 0 Å². The fourth-order valence-electron chi connectivity index (χ4n) is 1.53. The summed E-state index contributed by atoms with van der Waals surface area (Å²) in [4.78, 5) is 10.4.